The molecule has 0 aromatic heterocycles. The maximum absolute atomic E-state index is 13.2. The highest BCUT2D eigenvalue weighted by molar-refractivity contribution is 5.74. The van der Waals surface area contributed by atoms with E-state index < -0.39 is 17.3 Å². The minimum atomic E-state index is -4.40. The van der Waals surface area contributed by atoms with Gasteiger partial charge in [-0.2, -0.15) is 13.2 Å². The Morgan fingerprint density at radius 2 is 1.77 bits per heavy atom. The zero-order valence-electron chi connectivity index (χ0n) is 18.5. The Kier molecular flexibility index (Phi) is 5.58. The summed E-state index contributed by atoms with van der Waals surface area (Å²) in [5, 5.41) is 0. The van der Waals surface area contributed by atoms with Crippen LogP contribution in [0.5, 0.6) is 5.75 Å². The van der Waals surface area contributed by atoms with Gasteiger partial charge in [0, 0.05) is 24.5 Å². The van der Waals surface area contributed by atoms with E-state index in [1.165, 1.54) is 12.5 Å². The molecule has 2 aromatic rings. The van der Waals surface area contributed by atoms with Crippen molar-refractivity contribution in [3.63, 3.8) is 0 Å². The molecule has 2 aromatic carbocycles. The van der Waals surface area contributed by atoms with Crippen LogP contribution in [-0.4, -0.2) is 50.8 Å². The zero-order chi connectivity index (χ0) is 22.4. The van der Waals surface area contributed by atoms with E-state index in [-0.39, 0.29) is 5.75 Å². The van der Waals surface area contributed by atoms with E-state index in [2.05, 4.69) is 40.9 Å². The van der Waals surface area contributed by atoms with Crippen LogP contribution in [0, 0.1) is 5.92 Å². The molecule has 2 heterocycles. The summed E-state index contributed by atoms with van der Waals surface area (Å²) in [6, 6.07) is 12.0. The van der Waals surface area contributed by atoms with Crippen molar-refractivity contribution in [1.29, 1.82) is 0 Å². The van der Waals surface area contributed by atoms with Crippen LogP contribution in [0.15, 0.2) is 42.5 Å². The van der Waals surface area contributed by atoms with Crippen molar-refractivity contribution in [2.24, 2.45) is 5.92 Å². The van der Waals surface area contributed by atoms with Crippen molar-refractivity contribution in [2.45, 2.75) is 32.0 Å². The fraction of sp³-hybridized carbons (Fsp3) is 0.500. The lowest BCUT2D eigenvalue weighted by Gasteiger charge is -2.43. The largest absolute Gasteiger partial charge is 0.484 e. The zero-order valence-corrected chi connectivity index (χ0v) is 18.5. The Balaban J connectivity index is 1.57. The number of nitrogens with zero attached hydrogens (tertiary/aromatic N) is 3. The molecule has 1 fully saturated rings. The molecule has 0 saturated carbocycles. The van der Waals surface area contributed by atoms with Gasteiger partial charge in [0.05, 0.1) is 17.8 Å². The maximum Gasteiger partial charge on any atom is 0.416 e. The lowest BCUT2D eigenvalue weighted by atomic mass is 9.95. The molecule has 168 valence electrons. The third-order valence-electron chi connectivity index (χ3n) is 5.95. The Morgan fingerprint density at radius 3 is 2.45 bits per heavy atom. The summed E-state index contributed by atoms with van der Waals surface area (Å²) in [5.41, 5.74) is 1.48. The summed E-state index contributed by atoms with van der Waals surface area (Å²) in [4.78, 5) is 6.64. The van der Waals surface area contributed by atoms with Crippen molar-refractivity contribution in [3.05, 3.63) is 48.0 Å². The van der Waals surface area contributed by atoms with Crippen molar-refractivity contribution in [3.8, 4) is 5.75 Å². The normalized spacial score (nSPS) is 18.6. The predicted octanol–water partition coefficient (Wildman–Crippen LogP) is 5.40. The summed E-state index contributed by atoms with van der Waals surface area (Å²) < 4.78 is 45.6. The van der Waals surface area contributed by atoms with Gasteiger partial charge in [0.2, 0.25) is 0 Å². The Morgan fingerprint density at radius 1 is 1.06 bits per heavy atom. The average molecular weight is 434 g/mol. The second kappa shape index (κ2) is 7.93. The van der Waals surface area contributed by atoms with Gasteiger partial charge in [0.15, 0.2) is 0 Å². The van der Waals surface area contributed by atoms with Crippen LogP contribution < -0.4 is 14.5 Å². The molecule has 0 unspecified atom stereocenters. The number of rotatable bonds is 5. The molecular weight excluding hydrogens is 403 g/mol. The molecule has 31 heavy (non-hydrogen) atoms. The van der Waals surface area contributed by atoms with Gasteiger partial charge in [-0.1, -0.05) is 6.07 Å². The Labute approximate surface area is 182 Å². The molecule has 0 atom stereocenters. The first kappa shape index (κ1) is 21.8. The molecule has 0 N–H and O–H groups in total. The molecule has 0 bridgehead atoms. The third kappa shape index (κ3) is 4.76. The van der Waals surface area contributed by atoms with Crippen LogP contribution in [0.25, 0.3) is 0 Å². The van der Waals surface area contributed by atoms with E-state index in [0.717, 1.165) is 43.1 Å². The number of halogens is 3. The first-order chi connectivity index (χ1) is 14.5. The van der Waals surface area contributed by atoms with E-state index >= 15 is 0 Å². The van der Waals surface area contributed by atoms with Gasteiger partial charge in [-0.3, -0.25) is 0 Å². The van der Waals surface area contributed by atoms with Crippen LogP contribution in [-0.2, 0) is 6.18 Å². The molecule has 2 aliphatic rings. The number of fused-ring (bicyclic) bond motifs is 1. The van der Waals surface area contributed by atoms with E-state index in [0.29, 0.717) is 18.2 Å². The van der Waals surface area contributed by atoms with Gasteiger partial charge >= 0.3 is 6.18 Å². The summed E-state index contributed by atoms with van der Waals surface area (Å²) in [7, 11) is 4.19. The van der Waals surface area contributed by atoms with Gasteiger partial charge < -0.3 is 19.4 Å². The van der Waals surface area contributed by atoms with Crippen molar-refractivity contribution in [1.82, 2.24) is 4.90 Å². The van der Waals surface area contributed by atoms with Gasteiger partial charge in [0.1, 0.15) is 11.4 Å². The number of anilines is 3. The quantitative estimate of drug-likeness (QED) is 0.628. The Bertz CT molecular complexity index is 936. The first-order valence-corrected chi connectivity index (χ1v) is 10.7. The predicted molar refractivity (Wildman–Crippen MR) is 118 cm³/mol. The summed E-state index contributed by atoms with van der Waals surface area (Å²) >= 11 is 0. The van der Waals surface area contributed by atoms with E-state index in [1.807, 2.05) is 26.0 Å². The number of benzene rings is 2. The molecule has 2 aliphatic heterocycles. The van der Waals surface area contributed by atoms with Crippen molar-refractivity contribution >= 4 is 17.1 Å². The molecular formula is C24H30F3N3O. The highest BCUT2D eigenvalue weighted by Crippen LogP contribution is 2.44. The lowest BCUT2D eigenvalue weighted by Crippen LogP contribution is -2.48. The monoisotopic (exact) mass is 433 g/mol. The number of hydrogen-bond donors (Lipinski definition) is 0. The number of alkyl halides is 3. The summed E-state index contributed by atoms with van der Waals surface area (Å²) in [6.45, 7) is 7.53. The second-order valence-electron chi connectivity index (χ2n) is 9.51. The van der Waals surface area contributed by atoms with E-state index in [4.69, 9.17) is 4.74 Å². The molecule has 7 heteroatoms. The SMILES string of the molecule is CN(C)CCC1CN(c2cccc(N3CC(C)(C)Oc4cc(C(F)(F)F)ccc43)c2)C1. The fourth-order valence-electron chi connectivity index (χ4n) is 4.28. The third-order valence-corrected chi connectivity index (χ3v) is 5.95. The van der Waals surface area contributed by atoms with Crippen LogP contribution >= 0.6 is 0 Å². The van der Waals surface area contributed by atoms with Crippen LogP contribution in [0.2, 0.25) is 0 Å². The summed E-state index contributed by atoms with van der Waals surface area (Å²) in [6.07, 6.45) is -3.21. The highest BCUT2D eigenvalue weighted by atomic mass is 19.4. The minimum Gasteiger partial charge on any atom is -0.484 e. The van der Waals surface area contributed by atoms with Gasteiger partial charge in [-0.05, 0) is 83.2 Å². The topological polar surface area (TPSA) is 19.0 Å². The van der Waals surface area contributed by atoms with Gasteiger partial charge in [-0.25, -0.2) is 0 Å². The van der Waals surface area contributed by atoms with E-state index in [9.17, 15) is 13.2 Å². The standard InChI is InChI=1S/C24H30F3N3O/c1-23(2)16-30(21-9-8-18(24(25,26)27)12-22(21)31-23)20-7-5-6-19(13-20)29-14-17(15-29)10-11-28(3)4/h5-9,12-13,17H,10-11,14-16H2,1-4H3. The molecule has 4 nitrogen and oxygen atoms in total. The van der Waals surface area contributed by atoms with Crippen molar-refractivity contribution in [2.75, 3.05) is 50.1 Å². The Hall–Kier alpha value is -2.41. The molecule has 0 radical (unpaired) electrons. The molecule has 0 spiro atoms. The first-order valence-electron chi connectivity index (χ1n) is 10.7. The average Bonchev–Trinajstić information content (AvgIpc) is 2.64. The maximum atomic E-state index is 13.2. The minimum absolute atomic E-state index is 0.268. The van der Waals surface area contributed by atoms with Crippen molar-refractivity contribution < 1.29 is 17.9 Å². The molecule has 0 amide bonds. The molecule has 4 rings (SSSR count). The number of hydrogen-bond acceptors (Lipinski definition) is 4. The van der Waals surface area contributed by atoms with Crippen LogP contribution in [0.4, 0.5) is 30.2 Å². The molecule has 1 saturated heterocycles. The lowest BCUT2D eigenvalue weighted by molar-refractivity contribution is -0.137. The van der Waals surface area contributed by atoms with E-state index in [1.54, 1.807) is 0 Å². The van der Waals surface area contributed by atoms with Gasteiger partial charge in [0.25, 0.3) is 0 Å². The second-order valence-corrected chi connectivity index (χ2v) is 9.51. The van der Waals surface area contributed by atoms with Crippen LogP contribution in [0.3, 0.4) is 0 Å². The van der Waals surface area contributed by atoms with Crippen LogP contribution in [0.1, 0.15) is 25.8 Å². The summed E-state index contributed by atoms with van der Waals surface area (Å²) in [5.74, 6) is 0.971. The highest BCUT2D eigenvalue weighted by Gasteiger charge is 2.37. The van der Waals surface area contributed by atoms with Gasteiger partial charge in [-0.15, -0.1) is 0 Å². The molecule has 0 aliphatic carbocycles. The fourth-order valence-corrected chi connectivity index (χ4v) is 4.28. The number of ether oxygens (including phenoxy) is 1. The smallest absolute Gasteiger partial charge is 0.416 e.